The van der Waals surface area contributed by atoms with E-state index in [1.807, 2.05) is 38.5 Å². The molecular weight excluding hydrogens is 288 g/mol. The summed E-state index contributed by atoms with van der Waals surface area (Å²) in [5.74, 6) is 0.260. The third kappa shape index (κ3) is 3.32. The molecule has 6 heteroatoms. The van der Waals surface area contributed by atoms with Crippen molar-refractivity contribution in [2.45, 2.75) is 38.8 Å². The highest BCUT2D eigenvalue weighted by molar-refractivity contribution is 8.00. The molecule has 0 radical (unpaired) electrons. The summed E-state index contributed by atoms with van der Waals surface area (Å²) in [4.78, 5) is 23.9. The monoisotopic (exact) mass is 308 g/mol. The van der Waals surface area contributed by atoms with Crippen LogP contribution >= 0.6 is 11.8 Å². The minimum Gasteiger partial charge on any atom is -0.459 e. The van der Waals surface area contributed by atoms with Crippen LogP contribution in [-0.4, -0.2) is 34.8 Å². The Morgan fingerprint density at radius 1 is 1.52 bits per heavy atom. The van der Waals surface area contributed by atoms with Crippen molar-refractivity contribution in [2.75, 3.05) is 12.3 Å². The molecule has 0 aliphatic carbocycles. The Morgan fingerprint density at radius 3 is 2.86 bits per heavy atom. The lowest BCUT2D eigenvalue weighted by atomic mass is 10.2. The molecule has 1 aliphatic rings. The molecule has 1 aromatic heterocycles. The number of hydrogen-bond acceptors (Lipinski definition) is 4. The lowest BCUT2D eigenvalue weighted by Crippen LogP contribution is -2.20. The molecule has 2 rings (SSSR count). The number of aromatic nitrogens is 1. The summed E-state index contributed by atoms with van der Waals surface area (Å²) in [6, 6.07) is 0. The van der Waals surface area contributed by atoms with Gasteiger partial charge in [-0.15, -0.1) is 11.8 Å². The van der Waals surface area contributed by atoms with Crippen LogP contribution < -0.4 is 5.32 Å². The van der Waals surface area contributed by atoms with E-state index < -0.39 is 0 Å². The number of nitrogens with zero attached hydrogens (tertiary/aromatic N) is 1. The van der Waals surface area contributed by atoms with E-state index >= 15 is 0 Å². The molecule has 21 heavy (non-hydrogen) atoms. The minimum absolute atomic E-state index is 0.112. The first-order chi connectivity index (χ1) is 9.93. The van der Waals surface area contributed by atoms with Gasteiger partial charge in [-0.3, -0.25) is 4.79 Å². The second-order valence-corrected chi connectivity index (χ2v) is 6.10. The number of aryl methyl sites for hydroxylation is 1. The molecule has 0 atom stereocenters. The van der Waals surface area contributed by atoms with E-state index in [4.69, 9.17) is 4.74 Å². The van der Waals surface area contributed by atoms with E-state index in [9.17, 15) is 9.59 Å². The van der Waals surface area contributed by atoms with Gasteiger partial charge in [0.15, 0.2) is 0 Å². The van der Waals surface area contributed by atoms with Crippen LogP contribution in [0, 0.1) is 6.92 Å². The number of hydrogen-bond donors (Lipinski definition) is 1. The standard InChI is InChI=1S/C15H20N2O3S/c1-5-16-12(18)6-11-8-21-14-13(10(4)7-17(11)14)15(19)20-9(2)3/h6-7,9H,5,8H2,1-4H3,(H,16,18). The molecule has 0 unspecified atom stereocenters. The highest BCUT2D eigenvalue weighted by atomic mass is 32.2. The highest BCUT2D eigenvalue weighted by Gasteiger charge is 2.28. The van der Waals surface area contributed by atoms with Gasteiger partial charge in [0, 0.05) is 30.3 Å². The molecule has 0 saturated heterocycles. The Balaban J connectivity index is 2.31. The Kier molecular flexibility index (Phi) is 4.77. The fraction of sp³-hybridized carbons (Fsp3) is 0.467. The maximum Gasteiger partial charge on any atom is 0.341 e. The molecular formula is C15H20N2O3S. The summed E-state index contributed by atoms with van der Waals surface area (Å²) >= 11 is 1.55. The Labute approximate surface area is 128 Å². The van der Waals surface area contributed by atoms with E-state index in [2.05, 4.69) is 5.32 Å². The molecule has 114 valence electrons. The number of carbonyl (C=O) groups excluding carboxylic acids is 2. The van der Waals surface area contributed by atoms with Crippen molar-refractivity contribution in [2.24, 2.45) is 0 Å². The summed E-state index contributed by atoms with van der Waals surface area (Å²) < 4.78 is 7.20. The van der Waals surface area contributed by atoms with Crippen molar-refractivity contribution < 1.29 is 14.3 Å². The number of likely N-dealkylation sites (N-methyl/N-ethyl adjacent to an activating group) is 1. The third-order valence-electron chi connectivity index (χ3n) is 3.01. The van der Waals surface area contributed by atoms with Crippen LogP contribution in [0.1, 0.15) is 36.7 Å². The SMILES string of the molecule is CCNC(=O)C=C1CSc2c(C(=O)OC(C)C)c(C)cn21. The maximum absolute atomic E-state index is 12.2. The van der Waals surface area contributed by atoms with Crippen molar-refractivity contribution in [3.63, 3.8) is 0 Å². The number of amides is 1. The average molecular weight is 308 g/mol. The van der Waals surface area contributed by atoms with Crippen molar-refractivity contribution >= 4 is 29.3 Å². The van der Waals surface area contributed by atoms with Gasteiger partial charge < -0.3 is 14.6 Å². The second-order valence-electron chi connectivity index (χ2n) is 5.14. The minimum atomic E-state index is -0.303. The first kappa shape index (κ1) is 15.7. The zero-order valence-electron chi connectivity index (χ0n) is 12.7. The number of ether oxygens (including phenoxy) is 1. The molecule has 1 aliphatic heterocycles. The topological polar surface area (TPSA) is 60.3 Å². The summed E-state index contributed by atoms with van der Waals surface area (Å²) in [5.41, 5.74) is 2.35. The second kappa shape index (κ2) is 6.39. The first-order valence-corrected chi connectivity index (χ1v) is 7.97. The fourth-order valence-corrected chi connectivity index (χ4v) is 3.39. The van der Waals surface area contributed by atoms with Gasteiger partial charge in [0.1, 0.15) is 0 Å². The number of rotatable bonds is 4. The lowest BCUT2D eigenvalue weighted by Gasteiger charge is -2.08. The van der Waals surface area contributed by atoms with Gasteiger partial charge in [-0.25, -0.2) is 4.79 Å². The number of esters is 1. The fourth-order valence-electron chi connectivity index (χ4n) is 2.18. The molecule has 1 N–H and O–H groups in total. The van der Waals surface area contributed by atoms with Crippen LogP contribution in [-0.2, 0) is 9.53 Å². The Bertz CT molecular complexity index is 602. The zero-order valence-corrected chi connectivity index (χ0v) is 13.5. The van der Waals surface area contributed by atoms with Gasteiger partial charge in [0.2, 0.25) is 5.91 Å². The Hall–Kier alpha value is -1.69. The van der Waals surface area contributed by atoms with Crippen LogP contribution in [0.25, 0.3) is 5.70 Å². The van der Waals surface area contributed by atoms with Gasteiger partial charge in [-0.1, -0.05) is 0 Å². The maximum atomic E-state index is 12.2. The van der Waals surface area contributed by atoms with E-state index in [1.165, 1.54) is 0 Å². The van der Waals surface area contributed by atoms with Crippen molar-refractivity contribution in [1.29, 1.82) is 0 Å². The molecule has 1 aromatic rings. The number of carbonyl (C=O) groups is 2. The van der Waals surface area contributed by atoms with Gasteiger partial charge >= 0.3 is 5.97 Å². The third-order valence-corrected chi connectivity index (χ3v) is 4.13. The van der Waals surface area contributed by atoms with Gasteiger partial charge in [-0.05, 0) is 33.3 Å². The van der Waals surface area contributed by atoms with E-state index in [1.54, 1.807) is 17.8 Å². The van der Waals surface area contributed by atoms with Gasteiger partial charge in [0.05, 0.1) is 16.7 Å². The number of fused-ring (bicyclic) bond motifs is 1. The summed E-state index contributed by atoms with van der Waals surface area (Å²) in [6.07, 6.45) is 3.32. The van der Waals surface area contributed by atoms with Crippen molar-refractivity contribution in [1.82, 2.24) is 9.88 Å². The smallest absolute Gasteiger partial charge is 0.341 e. The molecule has 2 heterocycles. The van der Waals surface area contributed by atoms with Crippen LogP contribution in [0.15, 0.2) is 17.3 Å². The highest BCUT2D eigenvalue weighted by Crippen LogP contribution is 2.38. The number of thioether (sulfide) groups is 1. The van der Waals surface area contributed by atoms with Crippen LogP contribution in [0.2, 0.25) is 0 Å². The lowest BCUT2D eigenvalue weighted by molar-refractivity contribution is -0.116. The molecule has 5 nitrogen and oxygen atoms in total. The summed E-state index contributed by atoms with van der Waals surface area (Å²) in [6.45, 7) is 8.02. The van der Waals surface area contributed by atoms with E-state index in [0.29, 0.717) is 17.9 Å². The molecule has 0 aromatic carbocycles. The molecule has 0 spiro atoms. The van der Waals surface area contributed by atoms with Crippen molar-refractivity contribution in [3.8, 4) is 0 Å². The quantitative estimate of drug-likeness (QED) is 0.685. The van der Waals surface area contributed by atoms with Crippen LogP contribution in [0.4, 0.5) is 0 Å². The van der Waals surface area contributed by atoms with Gasteiger partial charge in [-0.2, -0.15) is 0 Å². The van der Waals surface area contributed by atoms with E-state index in [-0.39, 0.29) is 18.0 Å². The predicted octanol–water partition coefficient (Wildman–Crippen LogP) is 2.44. The average Bonchev–Trinajstić information content (AvgIpc) is 2.88. The summed E-state index contributed by atoms with van der Waals surface area (Å²) in [5, 5.41) is 3.60. The Morgan fingerprint density at radius 2 is 2.24 bits per heavy atom. The largest absolute Gasteiger partial charge is 0.459 e. The normalized spacial score (nSPS) is 15.4. The van der Waals surface area contributed by atoms with Crippen LogP contribution in [0.5, 0.6) is 0 Å². The summed E-state index contributed by atoms with van der Waals surface area (Å²) in [7, 11) is 0. The molecule has 1 amide bonds. The molecule has 0 bridgehead atoms. The number of nitrogens with one attached hydrogen (secondary N) is 1. The molecule has 0 fully saturated rings. The molecule has 0 saturated carbocycles. The van der Waals surface area contributed by atoms with E-state index in [0.717, 1.165) is 16.3 Å². The predicted molar refractivity (Wildman–Crippen MR) is 83.4 cm³/mol. The first-order valence-electron chi connectivity index (χ1n) is 6.98. The van der Waals surface area contributed by atoms with Crippen molar-refractivity contribution in [3.05, 3.63) is 23.4 Å². The van der Waals surface area contributed by atoms with Crippen LogP contribution in [0.3, 0.4) is 0 Å². The zero-order chi connectivity index (χ0) is 15.6. The van der Waals surface area contributed by atoms with Gasteiger partial charge in [0.25, 0.3) is 0 Å².